The topological polar surface area (TPSA) is 60.7 Å². The Morgan fingerprint density at radius 2 is 1.46 bits per heavy atom. The molecule has 3 N–H and O–H groups in total. The average molecular weight is 383 g/mol. The fourth-order valence-corrected chi connectivity index (χ4v) is 3.34. The quantitative estimate of drug-likeness (QED) is 0.569. The number of benzene rings is 2. The third-order valence-electron chi connectivity index (χ3n) is 5.29. The first kappa shape index (κ1) is 22.4. The zero-order chi connectivity index (χ0) is 20.5. The van der Waals surface area contributed by atoms with Crippen molar-refractivity contribution >= 4 is 6.08 Å². The monoisotopic (exact) mass is 382 g/mol. The highest BCUT2D eigenvalue weighted by molar-refractivity contribution is 5.55. The van der Waals surface area contributed by atoms with E-state index in [1.807, 2.05) is 44.2 Å². The molecule has 0 spiro atoms. The summed E-state index contributed by atoms with van der Waals surface area (Å²) in [5, 5.41) is 28.7. The Labute approximate surface area is 169 Å². The Morgan fingerprint density at radius 1 is 0.857 bits per heavy atom. The van der Waals surface area contributed by atoms with Gasteiger partial charge in [-0.15, -0.1) is 0 Å². The number of aryl methyl sites for hydroxylation is 3. The van der Waals surface area contributed by atoms with Crippen LogP contribution in [0.15, 0.2) is 42.5 Å². The minimum atomic E-state index is -0.412. The zero-order valence-electron chi connectivity index (χ0n) is 17.4. The van der Waals surface area contributed by atoms with Gasteiger partial charge in [0.15, 0.2) is 0 Å². The van der Waals surface area contributed by atoms with Crippen molar-refractivity contribution in [2.45, 2.75) is 65.8 Å². The van der Waals surface area contributed by atoms with Crippen LogP contribution in [0.5, 0.6) is 0 Å². The summed E-state index contributed by atoms with van der Waals surface area (Å²) in [5.41, 5.74) is 6.61. The van der Waals surface area contributed by atoms with Crippen molar-refractivity contribution in [1.29, 1.82) is 0 Å². The molecule has 0 fully saturated rings. The van der Waals surface area contributed by atoms with Gasteiger partial charge in [-0.3, -0.25) is 0 Å². The Balaban J connectivity index is 1.99. The van der Waals surface area contributed by atoms with Crippen molar-refractivity contribution in [3.63, 3.8) is 0 Å². The molecule has 3 nitrogen and oxygen atoms in total. The van der Waals surface area contributed by atoms with E-state index in [1.54, 1.807) is 0 Å². The highest BCUT2D eigenvalue weighted by Gasteiger charge is 2.06. The first-order valence-corrected chi connectivity index (χ1v) is 10.3. The molecule has 0 saturated carbocycles. The molecule has 0 bridgehead atoms. The molecule has 28 heavy (non-hydrogen) atoms. The zero-order valence-corrected chi connectivity index (χ0v) is 17.4. The van der Waals surface area contributed by atoms with E-state index in [4.69, 9.17) is 0 Å². The van der Waals surface area contributed by atoms with E-state index in [0.29, 0.717) is 0 Å². The first-order valence-electron chi connectivity index (χ1n) is 10.3. The summed E-state index contributed by atoms with van der Waals surface area (Å²) in [6.45, 7) is 6.11. The van der Waals surface area contributed by atoms with Crippen molar-refractivity contribution < 1.29 is 15.3 Å². The second kappa shape index (κ2) is 11.2. The van der Waals surface area contributed by atoms with Crippen molar-refractivity contribution in [2.24, 2.45) is 5.92 Å². The van der Waals surface area contributed by atoms with E-state index in [0.717, 1.165) is 36.8 Å². The Morgan fingerprint density at radius 3 is 2.04 bits per heavy atom. The van der Waals surface area contributed by atoms with Crippen LogP contribution in [-0.4, -0.2) is 21.4 Å². The second-order valence-corrected chi connectivity index (χ2v) is 7.75. The summed E-state index contributed by atoms with van der Waals surface area (Å²) < 4.78 is 0. The van der Waals surface area contributed by atoms with E-state index in [1.165, 1.54) is 22.3 Å². The van der Waals surface area contributed by atoms with Crippen LogP contribution in [-0.2, 0) is 32.5 Å². The molecule has 2 aromatic rings. The van der Waals surface area contributed by atoms with Gasteiger partial charge in [0, 0.05) is 0 Å². The number of aliphatic hydroxyl groups excluding tert-OH is 3. The number of aliphatic hydroxyl groups is 3. The number of rotatable bonds is 10. The van der Waals surface area contributed by atoms with Crippen LogP contribution in [0.1, 0.15) is 60.6 Å². The SMILES string of the molecule is CCc1cc(CCCc2ccc(CO)c(CO)c2)ccc1/C=C/C(O)C(C)C. The normalized spacial score (nSPS) is 12.8. The molecular formula is C25H34O3. The van der Waals surface area contributed by atoms with Crippen molar-refractivity contribution in [1.82, 2.24) is 0 Å². The lowest BCUT2D eigenvalue weighted by atomic mass is 9.96. The summed E-state index contributed by atoms with van der Waals surface area (Å²) in [4.78, 5) is 0. The van der Waals surface area contributed by atoms with Gasteiger partial charge in [-0.05, 0) is 65.0 Å². The molecule has 0 amide bonds. The summed E-state index contributed by atoms with van der Waals surface area (Å²) in [7, 11) is 0. The molecule has 2 rings (SSSR count). The van der Waals surface area contributed by atoms with Crippen molar-refractivity contribution in [3.05, 3.63) is 75.9 Å². The Kier molecular flexibility index (Phi) is 8.91. The molecular weight excluding hydrogens is 348 g/mol. The van der Waals surface area contributed by atoms with Crippen LogP contribution in [0.25, 0.3) is 6.08 Å². The largest absolute Gasteiger partial charge is 0.392 e. The van der Waals surface area contributed by atoms with E-state index in [2.05, 4.69) is 25.1 Å². The number of hydrogen-bond acceptors (Lipinski definition) is 3. The summed E-state index contributed by atoms with van der Waals surface area (Å²) in [6, 6.07) is 12.5. The highest BCUT2D eigenvalue weighted by Crippen LogP contribution is 2.19. The van der Waals surface area contributed by atoms with E-state index >= 15 is 0 Å². The van der Waals surface area contributed by atoms with Crippen LogP contribution in [0.4, 0.5) is 0 Å². The van der Waals surface area contributed by atoms with Gasteiger partial charge in [0.05, 0.1) is 19.3 Å². The van der Waals surface area contributed by atoms with Crippen LogP contribution in [0.2, 0.25) is 0 Å². The van der Waals surface area contributed by atoms with Gasteiger partial charge >= 0.3 is 0 Å². The van der Waals surface area contributed by atoms with Crippen molar-refractivity contribution in [3.8, 4) is 0 Å². The molecule has 0 aromatic heterocycles. The van der Waals surface area contributed by atoms with Crippen LogP contribution < -0.4 is 0 Å². The number of hydrogen-bond donors (Lipinski definition) is 3. The molecule has 0 saturated heterocycles. The predicted octanol–water partition coefficient (Wildman–Crippen LogP) is 4.44. The van der Waals surface area contributed by atoms with E-state index < -0.39 is 6.10 Å². The predicted molar refractivity (Wildman–Crippen MR) is 116 cm³/mol. The van der Waals surface area contributed by atoms with Crippen LogP contribution >= 0.6 is 0 Å². The standard InChI is InChI=1S/C25H34O3/c1-4-21-14-19(8-10-22(21)12-13-25(28)18(2)3)6-5-7-20-9-11-23(16-26)24(15-20)17-27/h8-15,18,25-28H,4-7,16-17H2,1-3H3/b13-12+. The maximum Gasteiger partial charge on any atom is 0.0747 e. The Bertz CT molecular complexity index is 777. The summed E-state index contributed by atoms with van der Waals surface area (Å²) >= 11 is 0. The molecule has 0 aliphatic carbocycles. The van der Waals surface area contributed by atoms with Crippen LogP contribution in [0.3, 0.4) is 0 Å². The first-order chi connectivity index (χ1) is 13.5. The van der Waals surface area contributed by atoms with Gasteiger partial charge in [0.2, 0.25) is 0 Å². The molecule has 0 aliphatic heterocycles. The minimum absolute atomic E-state index is 0.0367. The molecule has 1 atom stereocenters. The lowest BCUT2D eigenvalue weighted by molar-refractivity contribution is 0.173. The second-order valence-electron chi connectivity index (χ2n) is 7.75. The lowest BCUT2D eigenvalue weighted by Gasteiger charge is -2.11. The van der Waals surface area contributed by atoms with Gasteiger partial charge in [-0.1, -0.05) is 69.3 Å². The van der Waals surface area contributed by atoms with Gasteiger partial charge in [-0.25, -0.2) is 0 Å². The lowest BCUT2D eigenvalue weighted by Crippen LogP contribution is -2.10. The Hall–Kier alpha value is -1.94. The summed E-state index contributed by atoms with van der Waals surface area (Å²) in [5.74, 6) is 0.221. The molecule has 152 valence electrons. The average Bonchev–Trinajstić information content (AvgIpc) is 2.71. The van der Waals surface area contributed by atoms with E-state index in [9.17, 15) is 15.3 Å². The maximum absolute atomic E-state index is 9.98. The van der Waals surface area contributed by atoms with Gasteiger partial charge in [0.1, 0.15) is 0 Å². The van der Waals surface area contributed by atoms with Crippen molar-refractivity contribution in [2.75, 3.05) is 0 Å². The van der Waals surface area contributed by atoms with Crippen LogP contribution in [0, 0.1) is 5.92 Å². The molecule has 3 heteroatoms. The highest BCUT2D eigenvalue weighted by atomic mass is 16.3. The molecule has 0 radical (unpaired) electrons. The third-order valence-corrected chi connectivity index (χ3v) is 5.29. The fourth-order valence-electron chi connectivity index (χ4n) is 3.34. The third kappa shape index (κ3) is 6.30. The fraction of sp³-hybridized carbons (Fsp3) is 0.440. The summed E-state index contributed by atoms with van der Waals surface area (Å²) in [6.07, 6.45) is 7.46. The van der Waals surface area contributed by atoms with E-state index in [-0.39, 0.29) is 19.1 Å². The minimum Gasteiger partial charge on any atom is -0.392 e. The smallest absolute Gasteiger partial charge is 0.0747 e. The van der Waals surface area contributed by atoms with Gasteiger partial charge in [0.25, 0.3) is 0 Å². The van der Waals surface area contributed by atoms with Gasteiger partial charge in [-0.2, -0.15) is 0 Å². The molecule has 0 aliphatic rings. The molecule has 0 heterocycles. The van der Waals surface area contributed by atoms with Gasteiger partial charge < -0.3 is 15.3 Å². The molecule has 2 aromatic carbocycles. The molecule has 1 unspecified atom stereocenters. The maximum atomic E-state index is 9.98.